The molecular formula is C6H11F3N2O2. The molecule has 0 aromatic heterocycles. The van der Waals surface area contributed by atoms with Crippen LogP contribution in [0.4, 0.5) is 13.2 Å². The number of rotatable bonds is 5. The van der Waals surface area contributed by atoms with E-state index in [0.29, 0.717) is 6.54 Å². The minimum atomic E-state index is -4.43. The Morgan fingerprint density at radius 1 is 1.46 bits per heavy atom. The van der Waals surface area contributed by atoms with Gasteiger partial charge in [0.1, 0.15) is 0 Å². The molecule has 0 spiro atoms. The number of hydrogen-bond donors (Lipinski definition) is 2. The molecule has 13 heavy (non-hydrogen) atoms. The van der Waals surface area contributed by atoms with Crippen LogP contribution in [0.25, 0.3) is 0 Å². The van der Waals surface area contributed by atoms with Crippen molar-refractivity contribution in [2.75, 3.05) is 19.7 Å². The summed E-state index contributed by atoms with van der Waals surface area (Å²) in [4.78, 5) is 14.5. The van der Waals surface area contributed by atoms with Gasteiger partial charge in [0.05, 0.1) is 6.54 Å². The van der Waals surface area contributed by atoms with Crippen molar-refractivity contribution in [2.24, 2.45) is 0 Å². The van der Waals surface area contributed by atoms with Crippen molar-refractivity contribution < 1.29 is 22.8 Å². The second-order valence-electron chi connectivity index (χ2n) is 2.21. The number of alkyl halides is 3. The molecule has 0 aliphatic rings. The monoisotopic (exact) mass is 200 g/mol. The first-order chi connectivity index (χ1) is 5.95. The lowest BCUT2D eigenvalue weighted by molar-refractivity contribution is -0.191. The third-order valence-corrected chi connectivity index (χ3v) is 0.957. The molecule has 0 bridgehead atoms. The number of carbonyl (C=O) groups is 1. The van der Waals surface area contributed by atoms with E-state index in [4.69, 9.17) is 0 Å². The maximum atomic E-state index is 11.5. The van der Waals surface area contributed by atoms with Gasteiger partial charge in [0.2, 0.25) is 0 Å². The fourth-order valence-electron chi connectivity index (χ4n) is 0.473. The first-order valence-corrected chi connectivity index (χ1v) is 3.64. The van der Waals surface area contributed by atoms with E-state index < -0.39 is 18.7 Å². The van der Waals surface area contributed by atoms with Crippen LogP contribution >= 0.6 is 0 Å². The molecule has 0 saturated heterocycles. The van der Waals surface area contributed by atoms with Crippen LogP contribution in [-0.2, 0) is 9.63 Å². The predicted octanol–water partition coefficient (Wildman–Crippen LogP) is 0.206. The summed E-state index contributed by atoms with van der Waals surface area (Å²) >= 11 is 0. The Morgan fingerprint density at radius 2 is 2.08 bits per heavy atom. The second kappa shape index (κ2) is 5.76. The van der Waals surface area contributed by atoms with E-state index in [1.54, 1.807) is 12.4 Å². The van der Waals surface area contributed by atoms with Gasteiger partial charge in [-0.1, -0.05) is 6.92 Å². The highest BCUT2D eigenvalue weighted by molar-refractivity contribution is 5.76. The summed E-state index contributed by atoms with van der Waals surface area (Å²) in [5, 5.41) is 2.62. The lowest BCUT2D eigenvalue weighted by Crippen LogP contribution is -2.36. The molecule has 78 valence electrons. The quantitative estimate of drug-likeness (QED) is 0.623. The number of likely N-dealkylation sites (N-methyl/N-ethyl adjacent to an activating group) is 1. The molecule has 0 atom stereocenters. The van der Waals surface area contributed by atoms with Gasteiger partial charge in [0.25, 0.3) is 5.91 Å². The van der Waals surface area contributed by atoms with Crippen molar-refractivity contribution in [1.29, 1.82) is 0 Å². The van der Waals surface area contributed by atoms with Gasteiger partial charge in [0.15, 0.2) is 6.61 Å². The maximum Gasteiger partial charge on any atom is 0.414 e. The van der Waals surface area contributed by atoms with Gasteiger partial charge in [-0.05, 0) is 6.54 Å². The zero-order valence-corrected chi connectivity index (χ0v) is 7.07. The van der Waals surface area contributed by atoms with Gasteiger partial charge in [-0.2, -0.15) is 13.2 Å². The number of halogens is 3. The highest BCUT2D eigenvalue weighted by Crippen LogP contribution is 2.13. The SMILES string of the molecule is CCNCC(=O)NOCC(F)(F)F. The zero-order valence-electron chi connectivity index (χ0n) is 7.07. The van der Waals surface area contributed by atoms with Crippen molar-refractivity contribution in [3.8, 4) is 0 Å². The smallest absolute Gasteiger partial charge is 0.309 e. The Balaban J connectivity index is 3.37. The molecular weight excluding hydrogens is 189 g/mol. The summed E-state index contributed by atoms with van der Waals surface area (Å²) < 4.78 is 34.4. The molecule has 0 saturated carbocycles. The van der Waals surface area contributed by atoms with E-state index in [0.717, 1.165) is 0 Å². The van der Waals surface area contributed by atoms with Crippen LogP contribution in [0.5, 0.6) is 0 Å². The predicted molar refractivity (Wildman–Crippen MR) is 38.7 cm³/mol. The number of nitrogens with one attached hydrogen (secondary N) is 2. The van der Waals surface area contributed by atoms with Gasteiger partial charge < -0.3 is 5.32 Å². The molecule has 0 aliphatic heterocycles. The van der Waals surface area contributed by atoms with Crippen molar-refractivity contribution in [3.05, 3.63) is 0 Å². The van der Waals surface area contributed by atoms with E-state index in [1.807, 2.05) is 0 Å². The van der Waals surface area contributed by atoms with Gasteiger partial charge >= 0.3 is 6.18 Å². The molecule has 1 amide bonds. The van der Waals surface area contributed by atoms with E-state index in [1.165, 1.54) is 0 Å². The maximum absolute atomic E-state index is 11.5. The first-order valence-electron chi connectivity index (χ1n) is 3.64. The Hall–Kier alpha value is -0.820. The molecule has 0 aromatic rings. The highest BCUT2D eigenvalue weighted by atomic mass is 19.4. The topological polar surface area (TPSA) is 50.4 Å². The van der Waals surface area contributed by atoms with Crippen LogP contribution in [-0.4, -0.2) is 31.8 Å². The van der Waals surface area contributed by atoms with Crippen molar-refractivity contribution in [2.45, 2.75) is 13.1 Å². The summed E-state index contributed by atoms with van der Waals surface area (Å²) in [5.74, 6) is -0.633. The van der Waals surface area contributed by atoms with Gasteiger partial charge in [-0.25, -0.2) is 5.48 Å². The minimum Gasteiger partial charge on any atom is -0.309 e. The molecule has 2 N–H and O–H groups in total. The number of hydrogen-bond acceptors (Lipinski definition) is 3. The molecule has 7 heteroatoms. The molecule has 0 radical (unpaired) electrons. The van der Waals surface area contributed by atoms with Crippen LogP contribution in [0.1, 0.15) is 6.92 Å². The average molecular weight is 200 g/mol. The Bertz CT molecular complexity index is 160. The van der Waals surface area contributed by atoms with Crippen LogP contribution in [0.15, 0.2) is 0 Å². The Labute approximate surface area is 73.4 Å². The molecule has 0 fully saturated rings. The molecule has 0 aliphatic carbocycles. The van der Waals surface area contributed by atoms with Crippen LogP contribution in [0.2, 0.25) is 0 Å². The van der Waals surface area contributed by atoms with Crippen molar-refractivity contribution in [1.82, 2.24) is 10.8 Å². The summed E-state index contributed by atoms with van der Waals surface area (Å²) in [6, 6.07) is 0. The van der Waals surface area contributed by atoms with Crippen LogP contribution in [0.3, 0.4) is 0 Å². The summed E-state index contributed by atoms with van der Waals surface area (Å²) in [6.07, 6.45) is -4.43. The largest absolute Gasteiger partial charge is 0.414 e. The van der Waals surface area contributed by atoms with E-state index in [-0.39, 0.29) is 6.54 Å². The third-order valence-electron chi connectivity index (χ3n) is 0.957. The molecule has 4 nitrogen and oxygen atoms in total. The fraction of sp³-hybridized carbons (Fsp3) is 0.833. The molecule has 0 aromatic carbocycles. The number of amides is 1. The Kier molecular flexibility index (Phi) is 5.40. The summed E-state index contributed by atoms with van der Waals surface area (Å²) in [6.45, 7) is 0.787. The van der Waals surface area contributed by atoms with Gasteiger partial charge in [-0.3, -0.25) is 9.63 Å². The number of carbonyl (C=O) groups excluding carboxylic acids is 1. The van der Waals surface area contributed by atoms with Crippen LogP contribution < -0.4 is 10.8 Å². The molecule has 0 unspecified atom stereocenters. The number of hydroxylamine groups is 1. The van der Waals surface area contributed by atoms with E-state index >= 15 is 0 Å². The third kappa shape index (κ3) is 9.09. The fourth-order valence-corrected chi connectivity index (χ4v) is 0.473. The molecule has 0 heterocycles. The van der Waals surface area contributed by atoms with Gasteiger partial charge in [0, 0.05) is 0 Å². The average Bonchev–Trinajstić information content (AvgIpc) is 1.98. The minimum absolute atomic E-state index is 0.0612. The summed E-state index contributed by atoms with van der Waals surface area (Å²) in [7, 11) is 0. The van der Waals surface area contributed by atoms with Crippen molar-refractivity contribution >= 4 is 5.91 Å². The normalized spacial score (nSPS) is 11.4. The molecule has 0 rings (SSSR count). The second-order valence-corrected chi connectivity index (χ2v) is 2.21. The lowest BCUT2D eigenvalue weighted by Gasteiger charge is -2.07. The van der Waals surface area contributed by atoms with Crippen LogP contribution in [0, 0.1) is 0 Å². The summed E-state index contributed by atoms with van der Waals surface area (Å²) in [5.41, 5.74) is 1.65. The first kappa shape index (κ1) is 12.2. The lowest BCUT2D eigenvalue weighted by atomic mass is 10.6. The standard InChI is InChI=1S/C6H11F3N2O2/c1-2-10-3-5(12)11-13-4-6(7,8)9/h10H,2-4H2,1H3,(H,11,12). The van der Waals surface area contributed by atoms with Gasteiger partial charge in [-0.15, -0.1) is 0 Å². The highest BCUT2D eigenvalue weighted by Gasteiger charge is 2.28. The Morgan fingerprint density at radius 3 is 2.54 bits per heavy atom. The zero-order chi connectivity index (χ0) is 10.3. The van der Waals surface area contributed by atoms with E-state index in [9.17, 15) is 18.0 Å². The van der Waals surface area contributed by atoms with E-state index in [2.05, 4.69) is 10.2 Å². The van der Waals surface area contributed by atoms with Crippen molar-refractivity contribution in [3.63, 3.8) is 0 Å².